The van der Waals surface area contributed by atoms with Gasteiger partial charge in [0.05, 0.1) is 22.4 Å². The largest absolute Gasteiger partial charge is 0.348 e. The molecular weight excluding hydrogens is 332 g/mol. The normalized spacial score (nSPS) is 10.5. The Labute approximate surface area is 150 Å². The molecule has 0 aliphatic carbocycles. The van der Waals surface area contributed by atoms with Crippen molar-refractivity contribution in [1.82, 2.24) is 15.5 Å². The zero-order valence-electron chi connectivity index (χ0n) is 14.2. The third-order valence-electron chi connectivity index (χ3n) is 4.14. The van der Waals surface area contributed by atoms with Gasteiger partial charge in [0.25, 0.3) is 11.6 Å². The third kappa shape index (κ3) is 3.77. The van der Waals surface area contributed by atoms with Crippen LogP contribution < -0.4 is 5.32 Å². The molecule has 1 heterocycles. The topological polar surface area (TPSA) is 101 Å². The summed E-state index contributed by atoms with van der Waals surface area (Å²) >= 11 is 0. The van der Waals surface area contributed by atoms with Crippen molar-refractivity contribution in [2.24, 2.45) is 0 Å². The van der Waals surface area contributed by atoms with Crippen molar-refractivity contribution in [2.75, 3.05) is 0 Å². The van der Waals surface area contributed by atoms with Crippen LogP contribution in [0.5, 0.6) is 0 Å². The first-order chi connectivity index (χ1) is 12.6. The van der Waals surface area contributed by atoms with Gasteiger partial charge < -0.3 is 5.32 Å². The second-order valence-corrected chi connectivity index (χ2v) is 5.82. The Morgan fingerprint density at radius 3 is 2.38 bits per heavy atom. The number of benzene rings is 2. The van der Waals surface area contributed by atoms with Gasteiger partial charge in [0.1, 0.15) is 0 Å². The molecule has 0 aliphatic rings. The van der Waals surface area contributed by atoms with E-state index in [1.165, 1.54) is 23.9 Å². The molecule has 0 saturated heterocycles. The van der Waals surface area contributed by atoms with Crippen molar-refractivity contribution >= 4 is 11.6 Å². The summed E-state index contributed by atoms with van der Waals surface area (Å²) in [4.78, 5) is 22.8. The Morgan fingerprint density at radius 2 is 1.77 bits per heavy atom. The van der Waals surface area contributed by atoms with E-state index in [9.17, 15) is 14.9 Å². The van der Waals surface area contributed by atoms with Crippen LogP contribution in [0.2, 0.25) is 0 Å². The monoisotopic (exact) mass is 350 g/mol. The zero-order chi connectivity index (χ0) is 18.5. The summed E-state index contributed by atoms with van der Waals surface area (Å²) in [5.74, 6) is -0.258. The standard InChI is InChI=1S/C19H18N4O3/c1-2-13-3-5-14(6-4-13)11-20-19(24)17-12-21-22-18(17)15-7-9-16(10-8-15)23(25)26/h3-10,12H,2,11H2,1H3,(H,20,24)(H,21,22). The van der Waals surface area contributed by atoms with Gasteiger partial charge in [-0.2, -0.15) is 5.10 Å². The minimum atomic E-state index is -0.464. The highest BCUT2D eigenvalue weighted by atomic mass is 16.6. The molecular formula is C19H18N4O3. The molecule has 7 heteroatoms. The van der Waals surface area contributed by atoms with E-state index in [-0.39, 0.29) is 11.6 Å². The van der Waals surface area contributed by atoms with E-state index < -0.39 is 4.92 Å². The smallest absolute Gasteiger partial charge is 0.269 e. The molecule has 0 aliphatic heterocycles. The van der Waals surface area contributed by atoms with Crippen LogP contribution in [0, 0.1) is 10.1 Å². The van der Waals surface area contributed by atoms with Gasteiger partial charge in [0.2, 0.25) is 0 Å². The second kappa shape index (κ2) is 7.60. The molecule has 0 saturated carbocycles. The van der Waals surface area contributed by atoms with Crippen LogP contribution in [0.3, 0.4) is 0 Å². The maximum atomic E-state index is 12.5. The fraction of sp³-hybridized carbons (Fsp3) is 0.158. The van der Waals surface area contributed by atoms with Crippen LogP contribution in [0.15, 0.2) is 54.7 Å². The van der Waals surface area contributed by atoms with Crippen molar-refractivity contribution in [3.63, 3.8) is 0 Å². The number of aromatic amines is 1. The van der Waals surface area contributed by atoms with Crippen LogP contribution >= 0.6 is 0 Å². The maximum absolute atomic E-state index is 12.5. The van der Waals surface area contributed by atoms with Crippen LogP contribution in [-0.4, -0.2) is 21.0 Å². The van der Waals surface area contributed by atoms with E-state index in [2.05, 4.69) is 22.4 Å². The molecule has 26 heavy (non-hydrogen) atoms. The lowest BCUT2D eigenvalue weighted by Gasteiger charge is -2.07. The van der Waals surface area contributed by atoms with E-state index in [0.717, 1.165) is 12.0 Å². The number of hydrogen-bond donors (Lipinski definition) is 2. The van der Waals surface area contributed by atoms with Crippen molar-refractivity contribution < 1.29 is 9.72 Å². The highest BCUT2D eigenvalue weighted by molar-refractivity contribution is 5.99. The van der Waals surface area contributed by atoms with E-state index in [0.29, 0.717) is 23.4 Å². The lowest BCUT2D eigenvalue weighted by molar-refractivity contribution is -0.384. The van der Waals surface area contributed by atoms with Gasteiger partial charge in [-0.25, -0.2) is 0 Å². The lowest BCUT2D eigenvalue weighted by atomic mass is 10.1. The number of aryl methyl sites for hydroxylation is 1. The van der Waals surface area contributed by atoms with E-state index >= 15 is 0 Å². The molecule has 0 bridgehead atoms. The average Bonchev–Trinajstić information content (AvgIpc) is 3.16. The van der Waals surface area contributed by atoms with Gasteiger partial charge in [0, 0.05) is 24.2 Å². The number of H-pyrrole nitrogens is 1. The first-order valence-corrected chi connectivity index (χ1v) is 8.22. The first-order valence-electron chi connectivity index (χ1n) is 8.22. The number of aromatic nitrogens is 2. The summed E-state index contributed by atoms with van der Waals surface area (Å²) in [5, 5.41) is 20.3. The molecule has 2 aromatic carbocycles. The van der Waals surface area contributed by atoms with Crippen molar-refractivity contribution in [3.8, 4) is 11.3 Å². The van der Waals surface area contributed by atoms with Crippen LogP contribution in [0.25, 0.3) is 11.3 Å². The Bertz CT molecular complexity index is 915. The number of nitro benzene ring substituents is 1. The predicted octanol–water partition coefficient (Wildman–Crippen LogP) is 3.48. The molecule has 0 atom stereocenters. The molecule has 0 unspecified atom stereocenters. The van der Waals surface area contributed by atoms with Gasteiger partial charge in [-0.05, 0) is 29.7 Å². The maximum Gasteiger partial charge on any atom is 0.269 e. The summed E-state index contributed by atoms with van der Waals surface area (Å²) in [6.45, 7) is 2.50. The number of amides is 1. The van der Waals surface area contributed by atoms with Gasteiger partial charge in [0.15, 0.2) is 0 Å². The number of carbonyl (C=O) groups excluding carboxylic acids is 1. The zero-order valence-corrected chi connectivity index (χ0v) is 14.2. The van der Waals surface area contributed by atoms with Crippen LogP contribution in [-0.2, 0) is 13.0 Å². The Morgan fingerprint density at radius 1 is 1.12 bits per heavy atom. The van der Waals surface area contributed by atoms with Crippen LogP contribution in [0.4, 0.5) is 5.69 Å². The highest BCUT2D eigenvalue weighted by Crippen LogP contribution is 2.23. The van der Waals surface area contributed by atoms with Crippen molar-refractivity contribution in [3.05, 3.63) is 81.5 Å². The minimum Gasteiger partial charge on any atom is -0.348 e. The SMILES string of the molecule is CCc1ccc(CNC(=O)c2cn[nH]c2-c2ccc([N+](=O)[O-])cc2)cc1. The quantitative estimate of drug-likeness (QED) is 0.525. The number of carbonyl (C=O) groups is 1. The number of nitrogens with zero attached hydrogens (tertiary/aromatic N) is 2. The Balaban J connectivity index is 1.72. The summed E-state index contributed by atoms with van der Waals surface area (Å²) < 4.78 is 0. The summed E-state index contributed by atoms with van der Waals surface area (Å²) in [6, 6.07) is 14.0. The molecule has 132 valence electrons. The molecule has 2 N–H and O–H groups in total. The molecule has 0 fully saturated rings. The highest BCUT2D eigenvalue weighted by Gasteiger charge is 2.16. The first kappa shape index (κ1) is 17.3. The lowest BCUT2D eigenvalue weighted by Crippen LogP contribution is -2.23. The third-order valence-corrected chi connectivity index (χ3v) is 4.14. The molecule has 1 amide bonds. The van der Waals surface area contributed by atoms with Gasteiger partial charge in [-0.3, -0.25) is 20.0 Å². The van der Waals surface area contributed by atoms with Gasteiger partial charge in [-0.1, -0.05) is 31.2 Å². The van der Waals surface area contributed by atoms with Crippen LogP contribution in [0.1, 0.15) is 28.4 Å². The number of nitro groups is 1. The van der Waals surface area contributed by atoms with Gasteiger partial charge in [-0.15, -0.1) is 0 Å². The molecule has 3 rings (SSSR count). The molecule has 7 nitrogen and oxygen atoms in total. The molecule has 0 radical (unpaired) electrons. The fourth-order valence-corrected chi connectivity index (χ4v) is 2.60. The second-order valence-electron chi connectivity index (χ2n) is 5.82. The number of rotatable bonds is 6. The number of nitrogens with one attached hydrogen (secondary N) is 2. The van der Waals surface area contributed by atoms with Crippen molar-refractivity contribution in [1.29, 1.82) is 0 Å². The number of hydrogen-bond acceptors (Lipinski definition) is 4. The average molecular weight is 350 g/mol. The Kier molecular flexibility index (Phi) is 5.07. The van der Waals surface area contributed by atoms with Gasteiger partial charge >= 0.3 is 0 Å². The fourth-order valence-electron chi connectivity index (χ4n) is 2.60. The minimum absolute atomic E-state index is 0.00482. The summed E-state index contributed by atoms with van der Waals surface area (Å²) in [5.41, 5.74) is 3.83. The summed E-state index contributed by atoms with van der Waals surface area (Å²) in [6.07, 6.45) is 2.42. The van der Waals surface area contributed by atoms with E-state index in [1.807, 2.05) is 24.3 Å². The molecule has 0 spiro atoms. The molecule has 1 aromatic heterocycles. The van der Waals surface area contributed by atoms with E-state index in [4.69, 9.17) is 0 Å². The number of non-ortho nitro benzene ring substituents is 1. The van der Waals surface area contributed by atoms with E-state index in [1.54, 1.807) is 12.1 Å². The summed E-state index contributed by atoms with van der Waals surface area (Å²) in [7, 11) is 0. The molecule has 3 aromatic rings. The Hall–Kier alpha value is -3.48. The van der Waals surface area contributed by atoms with Crippen molar-refractivity contribution in [2.45, 2.75) is 19.9 Å². The predicted molar refractivity (Wildman–Crippen MR) is 97.7 cm³/mol.